The Hall–Kier alpha value is -1.93. The van der Waals surface area contributed by atoms with Crippen molar-refractivity contribution in [2.75, 3.05) is 6.61 Å². The molecule has 0 bridgehead atoms. The summed E-state index contributed by atoms with van der Waals surface area (Å²) in [5.41, 5.74) is 1.56. The summed E-state index contributed by atoms with van der Waals surface area (Å²) in [7, 11) is 0. The quantitative estimate of drug-likeness (QED) is 0.733. The van der Waals surface area contributed by atoms with Crippen LogP contribution >= 0.6 is 11.5 Å². The van der Waals surface area contributed by atoms with Crippen LogP contribution in [0, 0.1) is 12.3 Å². The molecule has 0 unspecified atom stereocenters. The molecule has 0 saturated heterocycles. The second-order valence-electron chi connectivity index (χ2n) is 2.64. The van der Waals surface area contributed by atoms with Crippen LogP contribution in [0.2, 0.25) is 0 Å². The molecule has 0 fully saturated rings. The summed E-state index contributed by atoms with van der Waals surface area (Å²) < 4.78 is 9.13. The van der Waals surface area contributed by atoms with Crippen LogP contribution in [0.15, 0.2) is 24.5 Å². The molecular weight excluding hydrogens is 210 g/mol. The van der Waals surface area contributed by atoms with E-state index in [0.717, 1.165) is 5.56 Å². The fourth-order valence-corrected chi connectivity index (χ4v) is 1.62. The van der Waals surface area contributed by atoms with Gasteiger partial charge in [0.1, 0.15) is 12.3 Å². The van der Waals surface area contributed by atoms with Crippen molar-refractivity contribution >= 4 is 11.5 Å². The van der Waals surface area contributed by atoms with Gasteiger partial charge in [0, 0.05) is 29.5 Å². The molecule has 0 N–H and O–H groups in total. The number of hydrogen-bond donors (Lipinski definition) is 0. The molecule has 0 aliphatic carbocycles. The van der Waals surface area contributed by atoms with E-state index in [-0.39, 0.29) is 6.61 Å². The van der Waals surface area contributed by atoms with Gasteiger partial charge in [0.15, 0.2) is 0 Å². The van der Waals surface area contributed by atoms with Crippen LogP contribution < -0.4 is 4.74 Å². The SMILES string of the molecule is C#CCOc1snnc1-c1cccnc1. The molecule has 0 aliphatic rings. The van der Waals surface area contributed by atoms with E-state index in [1.54, 1.807) is 12.4 Å². The number of aromatic nitrogens is 3. The highest BCUT2D eigenvalue weighted by Crippen LogP contribution is 2.30. The van der Waals surface area contributed by atoms with Gasteiger partial charge in [-0.3, -0.25) is 4.98 Å². The summed E-state index contributed by atoms with van der Waals surface area (Å²) in [6, 6.07) is 3.73. The Labute approximate surface area is 91.1 Å². The molecule has 0 saturated carbocycles. The van der Waals surface area contributed by atoms with E-state index in [0.29, 0.717) is 10.8 Å². The third kappa shape index (κ3) is 2.11. The Balaban J connectivity index is 2.30. The second kappa shape index (κ2) is 4.53. The molecule has 0 spiro atoms. The van der Waals surface area contributed by atoms with Gasteiger partial charge in [0.2, 0.25) is 5.06 Å². The molecule has 74 valence electrons. The molecule has 0 amide bonds. The maximum absolute atomic E-state index is 5.31. The van der Waals surface area contributed by atoms with Crippen LogP contribution in [0.1, 0.15) is 0 Å². The number of pyridine rings is 1. The summed E-state index contributed by atoms with van der Waals surface area (Å²) in [5, 5.41) is 4.60. The second-order valence-corrected chi connectivity index (χ2v) is 3.36. The Morgan fingerprint density at radius 1 is 1.53 bits per heavy atom. The minimum atomic E-state index is 0.219. The standard InChI is InChI=1S/C10H7N3OS/c1-2-6-14-10-9(12-13-15-10)8-4-3-5-11-7-8/h1,3-5,7H,6H2. The Morgan fingerprint density at radius 3 is 3.20 bits per heavy atom. The zero-order valence-corrected chi connectivity index (χ0v) is 8.57. The van der Waals surface area contributed by atoms with E-state index >= 15 is 0 Å². The van der Waals surface area contributed by atoms with Crippen LogP contribution in [0.3, 0.4) is 0 Å². The van der Waals surface area contributed by atoms with Crippen LogP contribution in [0.25, 0.3) is 11.3 Å². The fraction of sp³-hybridized carbons (Fsp3) is 0.100. The van der Waals surface area contributed by atoms with E-state index in [1.807, 2.05) is 12.1 Å². The van der Waals surface area contributed by atoms with E-state index in [4.69, 9.17) is 11.2 Å². The van der Waals surface area contributed by atoms with Crippen LogP contribution in [0.4, 0.5) is 0 Å². The number of rotatable bonds is 3. The van der Waals surface area contributed by atoms with Gasteiger partial charge in [-0.2, -0.15) is 0 Å². The van der Waals surface area contributed by atoms with Crippen molar-refractivity contribution in [2.24, 2.45) is 0 Å². The third-order valence-electron chi connectivity index (χ3n) is 1.68. The monoisotopic (exact) mass is 217 g/mol. The Morgan fingerprint density at radius 2 is 2.47 bits per heavy atom. The lowest BCUT2D eigenvalue weighted by molar-refractivity contribution is 0.382. The topological polar surface area (TPSA) is 47.9 Å². The van der Waals surface area contributed by atoms with E-state index in [9.17, 15) is 0 Å². The zero-order valence-electron chi connectivity index (χ0n) is 7.75. The minimum absolute atomic E-state index is 0.219. The molecule has 2 rings (SSSR count). The van der Waals surface area contributed by atoms with Gasteiger partial charge < -0.3 is 4.74 Å². The fourth-order valence-electron chi connectivity index (χ4n) is 1.06. The van der Waals surface area contributed by atoms with Crippen LogP contribution in [0.5, 0.6) is 5.06 Å². The summed E-state index contributed by atoms with van der Waals surface area (Å²) in [6.45, 7) is 0.219. The molecular formula is C10H7N3OS. The van der Waals surface area contributed by atoms with Gasteiger partial charge in [-0.05, 0) is 12.1 Å². The Kier molecular flexibility index (Phi) is 2.90. The van der Waals surface area contributed by atoms with Gasteiger partial charge in [-0.25, -0.2) is 0 Å². The number of terminal acetylenes is 1. The Bertz CT molecular complexity index is 475. The predicted octanol–water partition coefficient (Wildman–Crippen LogP) is 1.61. The zero-order chi connectivity index (χ0) is 10.5. The summed E-state index contributed by atoms with van der Waals surface area (Å²) in [4.78, 5) is 4.00. The maximum Gasteiger partial charge on any atom is 0.223 e. The van der Waals surface area contributed by atoms with E-state index in [2.05, 4.69) is 20.5 Å². The normalized spacial score (nSPS) is 9.53. The first kappa shape index (κ1) is 9.62. The molecule has 2 heterocycles. The van der Waals surface area contributed by atoms with Crippen molar-refractivity contribution in [3.8, 4) is 28.7 Å². The maximum atomic E-state index is 5.31. The molecule has 2 aromatic rings. The van der Waals surface area contributed by atoms with Gasteiger partial charge in [0.25, 0.3) is 0 Å². The van der Waals surface area contributed by atoms with Crippen molar-refractivity contribution in [1.82, 2.24) is 14.6 Å². The lowest BCUT2D eigenvalue weighted by atomic mass is 10.2. The smallest absolute Gasteiger partial charge is 0.223 e. The van der Waals surface area contributed by atoms with Crippen molar-refractivity contribution < 1.29 is 4.74 Å². The molecule has 2 aromatic heterocycles. The van der Waals surface area contributed by atoms with Crippen molar-refractivity contribution in [1.29, 1.82) is 0 Å². The lowest BCUT2D eigenvalue weighted by Gasteiger charge is -1.99. The summed E-state index contributed by atoms with van der Waals surface area (Å²) in [5.74, 6) is 2.40. The summed E-state index contributed by atoms with van der Waals surface area (Å²) in [6.07, 6.45) is 8.52. The third-order valence-corrected chi connectivity index (χ3v) is 2.32. The number of hydrogen-bond acceptors (Lipinski definition) is 5. The van der Waals surface area contributed by atoms with Crippen LogP contribution in [-0.2, 0) is 0 Å². The highest BCUT2D eigenvalue weighted by molar-refractivity contribution is 7.08. The number of ether oxygens (including phenoxy) is 1. The van der Waals surface area contributed by atoms with Gasteiger partial charge >= 0.3 is 0 Å². The van der Waals surface area contributed by atoms with Crippen molar-refractivity contribution in [3.63, 3.8) is 0 Å². The molecule has 0 radical (unpaired) electrons. The minimum Gasteiger partial charge on any atom is -0.468 e. The molecule has 0 aromatic carbocycles. The summed E-state index contributed by atoms with van der Waals surface area (Å²) >= 11 is 1.18. The molecule has 4 nitrogen and oxygen atoms in total. The van der Waals surface area contributed by atoms with Gasteiger partial charge in [0.05, 0.1) is 0 Å². The van der Waals surface area contributed by atoms with Crippen molar-refractivity contribution in [2.45, 2.75) is 0 Å². The molecule has 15 heavy (non-hydrogen) atoms. The average Bonchev–Trinajstić information content (AvgIpc) is 2.75. The highest BCUT2D eigenvalue weighted by Gasteiger charge is 2.10. The van der Waals surface area contributed by atoms with Gasteiger partial charge in [-0.1, -0.05) is 10.4 Å². The predicted molar refractivity (Wildman–Crippen MR) is 57.5 cm³/mol. The van der Waals surface area contributed by atoms with E-state index in [1.165, 1.54) is 11.5 Å². The highest BCUT2D eigenvalue weighted by atomic mass is 32.1. The molecule has 0 atom stereocenters. The first-order chi connectivity index (χ1) is 7.42. The van der Waals surface area contributed by atoms with Crippen molar-refractivity contribution in [3.05, 3.63) is 24.5 Å². The number of nitrogens with zero attached hydrogens (tertiary/aromatic N) is 3. The first-order valence-corrected chi connectivity index (χ1v) is 4.98. The largest absolute Gasteiger partial charge is 0.468 e. The van der Waals surface area contributed by atoms with E-state index < -0.39 is 0 Å². The van der Waals surface area contributed by atoms with Gasteiger partial charge in [-0.15, -0.1) is 11.5 Å². The van der Waals surface area contributed by atoms with Crippen LogP contribution in [-0.4, -0.2) is 21.2 Å². The average molecular weight is 217 g/mol. The molecule has 5 heteroatoms. The lowest BCUT2D eigenvalue weighted by Crippen LogP contribution is -1.93. The first-order valence-electron chi connectivity index (χ1n) is 4.21. The molecule has 0 aliphatic heterocycles.